The highest BCUT2D eigenvalue weighted by Crippen LogP contribution is 2.33. The number of fused-ring (bicyclic) bond motifs is 1. The number of hydrogen-bond acceptors (Lipinski definition) is 5. The molecule has 3 N–H and O–H groups in total. The van der Waals surface area contributed by atoms with Crippen LogP contribution in [0.25, 0.3) is 0 Å². The number of benzene rings is 2. The lowest BCUT2D eigenvalue weighted by Gasteiger charge is -2.35. The summed E-state index contributed by atoms with van der Waals surface area (Å²) in [6, 6.07) is 15.6. The van der Waals surface area contributed by atoms with E-state index in [4.69, 9.17) is 0 Å². The van der Waals surface area contributed by atoms with Gasteiger partial charge in [-0.3, -0.25) is 19.2 Å². The summed E-state index contributed by atoms with van der Waals surface area (Å²) in [5.74, 6) is -0.662. The molecule has 2 aromatic rings. The second-order valence-corrected chi connectivity index (χ2v) is 12.7. The van der Waals surface area contributed by atoms with Crippen molar-refractivity contribution in [3.8, 4) is 0 Å². The van der Waals surface area contributed by atoms with Crippen LogP contribution >= 0.6 is 0 Å². The van der Waals surface area contributed by atoms with Crippen LogP contribution in [-0.4, -0.2) is 71.7 Å². The largest absolute Gasteiger partial charge is 0.347 e. The van der Waals surface area contributed by atoms with E-state index in [-0.39, 0.29) is 42.3 Å². The number of likely N-dealkylation sites (N-methyl/N-ethyl adjacent to an activating group) is 1. The Labute approximate surface area is 261 Å². The Kier molecular flexibility index (Phi) is 10.7. The average molecular weight is 602 g/mol. The van der Waals surface area contributed by atoms with Gasteiger partial charge >= 0.3 is 0 Å². The molecule has 1 saturated heterocycles. The summed E-state index contributed by atoms with van der Waals surface area (Å²) in [6.45, 7) is 2.40. The van der Waals surface area contributed by atoms with Gasteiger partial charge in [0.1, 0.15) is 12.1 Å². The zero-order valence-electron chi connectivity index (χ0n) is 26.0. The van der Waals surface area contributed by atoms with Crippen LogP contribution in [0.3, 0.4) is 0 Å². The Morgan fingerprint density at radius 2 is 1.70 bits per heavy atom. The van der Waals surface area contributed by atoms with E-state index in [1.165, 1.54) is 5.56 Å². The molecule has 1 aliphatic heterocycles. The van der Waals surface area contributed by atoms with Gasteiger partial charge in [0.2, 0.25) is 24.1 Å². The predicted octanol–water partition coefficient (Wildman–Crippen LogP) is 3.48. The smallest absolute Gasteiger partial charge is 0.246 e. The number of nitrogens with zero attached hydrogens (tertiary/aromatic N) is 2. The van der Waals surface area contributed by atoms with Crippen molar-refractivity contribution >= 4 is 24.1 Å². The minimum absolute atomic E-state index is 0.00346. The van der Waals surface area contributed by atoms with Crippen LogP contribution in [0.15, 0.2) is 54.6 Å². The Bertz CT molecular complexity index is 1300. The van der Waals surface area contributed by atoms with Gasteiger partial charge in [-0.1, -0.05) is 73.9 Å². The third kappa shape index (κ3) is 7.32. The van der Waals surface area contributed by atoms with Gasteiger partial charge in [-0.25, -0.2) is 0 Å². The maximum Gasteiger partial charge on any atom is 0.246 e. The SMILES string of the molecule is CN[C@@H](C)C(=O)N[C@@H](C(=O)N1C[C@@H](N(C=O)Cc2ccccc2)C[C@H]1C(=O)N[C@@H]1CCCc2ccccc21)C1CCCCC1. The normalized spacial score (nSPS) is 23.2. The zero-order chi connectivity index (χ0) is 31.1. The van der Waals surface area contributed by atoms with Crippen molar-refractivity contribution in [1.29, 1.82) is 0 Å². The fraction of sp³-hybridized carbons (Fsp3) is 0.543. The van der Waals surface area contributed by atoms with Crippen molar-refractivity contribution in [3.63, 3.8) is 0 Å². The summed E-state index contributed by atoms with van der Waals surface area (Å²) >= 11 is 0. The summed E-state index contributed by atoms with van der Waals surface area (Å²) in [5.41, 5.74) is 3.36. The molecule has 9 heteroatoms. The van der Waals surface area contributed by atoms with Crippen LogP contribution in [0.1, 0.15) is 81.0 Å². The summed E-state index contributed by atoms with van der Waals surface area (Å²) in [5, 5.41) is 9.31. The zero-order valence-corrected chi connectivity index (χ0v) is 26.0. The molecule has 0 bridgehead atoms. The Morgan fingerprint density at radius 3 is 2.43 bits per heavy atom. The van der Waals surface area contributed by atoms with E-state index in [9.17, 15) is 19.2 Å². The van der Waals surface area contributed by atoms with Gasteiger partial charge in [-0.15, -0.1) is 0 Å². The number of aryl methyl sites for hydroxylation is 1. The molecule has 9 nitrogen and oxygen atoms in total. The van der Waals surface area contributed by atoms with Crippen molar-refractivity contribution in [2.45, 2.75) is 101 Å². The first-order valence-corrected chi connectivity index (χ1v) is 16.3. The van der Waals surface area contributed by atoms with Gasteiger partial charge in [0.15, 0.2) is 0 Å². The number of amides is 4. The lowest BCUT2D eigenvalue weighted by molar-refractivity contribution is -0.143. The molecule has 1 saturated carbocycles. The minimum Gasteiger partial charge on any atom is -0.347 e. The molecule has 0 unspecified atom stereocenters. The minimum atomic E-state index is -0.746. The van der Waals surface area contributed by atoms with E-state index >= 15 is 0 Å². The molecule has 0 radical (unpaired) electrons. The third-order valence-corrected chi connectivity index (χ3v) is 9.87. The number of nitrogens with one attached hydrogen (secondary N) is 3. The first-order valence-electron chi connectivity index (χ1n) is 16.3. The topological polar surface area (TPSA) is 111 Å². The highest BCUT2D eigenvalue weighted by Gasteiger charge is 2.46. The molecule has 3 aliphatic rings. The van der Waals surface area contributed by atoms with E-state index in [0.29, 0.717) is 13.0 Å². The van der Waals surface area contributed by atoms with E-state index in [2.05, 4.69) is 28.1 Å². The number of rotatable bonds is 11. The van der Waals surface area contributed by atoms with E-state index in [0.717, 1.165) is 68.9 Å². The maximum absolute atomic E-state index is 14.5. The van der Waals surface area contributed by atoms with Crippen LogP contribution in [0.2, 0.25) is 0 Å². The van der Waals surface area contributed by atoms with Crippen LogP contribution in [-0.2, 0) is 32.1 Å². The van der Waals surface area contributed by atoms with Crippen molar-refractivity contribution in [2.24, 2.45) is 5.92 Å². The van der Waals surface area contributed by atoms with Crippen LogP contribution in [0.4, 0.5) is 0 Å². The van der Waals surface area contributed by atoms with Crippen molar-refractivity contribution in [1.82, 2.24) is 25.8 Å². The molecule has 2 fully saturated rings. The lowest BCUT2D eigenvalue weighted by atomic mass is 9.83. The summed E-state index contributed by atoms with van der Waals surface area (Å²) in [4.78, 5) is 57.5. The van der Waals surface area contributed by atoms with Gasteiger partial charge in [0.05, 0.1) is 18.1 Å². The first-order chi connectivity index (χ1) is 21.4. The molecular formula is C35H47N5O4. The molecule has 236 valence electrons. The second-order valence-electron chi connectivity index (χ2n) is 12.7. The highest BCUT2D eigenvalue weighted by atomic mass is 16.2. The number of hydrogen-bond donors (Lipinski definition) is 3. The molecule has 4 amide bonds. The summed E-state index contributed by atoms with van der Waals surface area (Å²) in [7, 11) is 1.72. The van der Waals surface area contributed by atoms with Crippen molar-refractivity contribution in [2.75, 3.05) is 13.6 Å². The van der Waals surface area contributed by atoms with Crippen LogP contribution in [0.5, 0.6) is 0 Å². The molecule has 5 rings (SSSR count). The van der Waals surface area contributed by atoms with Gasteiger partial charge < -0.3 is 25.8 Å². The fourth-order valence-electron chi connectivity index (χ4n) is 7.20. The molecule has 44 heavy (non-hydrogen) atoms. The Hall–Kier alpha value is -3.72. The fourth-order valence-corrected chi connectivity index (χ4v) is 7.20. The van der Waals surface area contributed by atoms with Crippen molar-refractivity contribution in [3.05, 3.63) is 71.3 Å². The van der Waals surface area contributed by atoms with E-state index in [1.54, 1.807) is 23.8 Å². The standard InChI is InChI=1S/C35H47N5O4/c1-24(36-2)33(42)38-32(27-15-7-4-8-16-27)35(44)40-22-28(39(23-41)21-25-12-5-3-6-13-25)20-31(40)34(43)37-30-19-11-17-26-14-9-10-18-29(26)30/h3,5-6,9-10,12-14,18,23-24,27-28,30-32,36H,4,7-8,11,15-17,19-22H2,1-2H3,(H,37,43)(H,38,42)/t24-,28-,30+,31-,32+/m0/s1. The molecule has 0 spiro atoms. The monoisotopic (exact) mass is 601 g/mol. The summed E-state index contributed by atoms with van der Waals surface area (Å²) in [6.07, 6.45) is 8.81. The number of carbonyl (C=O) groups excluding carboxylic acids is 4. The third-order valence-electron chi connectivity index (χ3n) is 9.87. The molecule has 5 atom stereocenters. The van der Waals surface area contributed by atoms with E-state index in [1.807, 2.05) is 42.5 Å². The van der Waals surface area contributed by atoms with Gasteiger partial charge in [0.25, 0.3) is 0 Å². The summed E-state index contributed by atoms with van der Waals surface area (Å²) < 4.78 is 0. The molecule has 1 heterocycles. The second kappa shape index (κ2) is 14.8. The highest BCUT2D eigenvalue weighted by molar-refractivity contribution is 5.94. The molecule has 0 aromatic heterocycles. The van der Waals surface area contributed by atoms with Gasteiger partial charge in [-0.05, 0) is 75.1 Å². The van der Waals surface area contributed by atoms with E-state index < -0.39 is 18.1 Å². The van der Waals surface area contributed by atoms with Gasteiger partial charge in [-0.2, -0.15) is 0 Å². The molecule has 2 aromatic carbocycles. The van der Waals surface area contributed by atoms with Gasteiger partial charge in [0, 0.05) is 13.1 Å². The Morgan fingerprint density at radius 1 is 0.977 bits per heavy atom. The number of carbonyl (C=O) groups is 4. The molecule has 2 aliphatic carbocycles. The Balaban J connectivity index is 1.42. The van der Waals surface area contributed by atoms with Crippen molar-refractivity contribution < 1.29 is 19.2 Å². The maximum atomic E-state index is 14.5. The average Bonchev–Trinajstić information content (AvgIpc) is 3.52. The first kappa shape index (κ1) is 31.7. The van der Waals surface area contributed by atoms with Crippen LogP contribution in [0, 0.1) is 5.92 Å². The predicted molar refractivity (Wildman–Crippen MR) is 169 cm³/mol. The number of likely N-dealkylation sites (tertiary alicyclic amines) is 1. The van der Waals surface area contributed by atoms with Crippen LogP contribution < -0.4 is 16.0 Å². The molecular weight excluding hydrogens is 554 g/mol. The quantitative estimate of drug-likeness (QED) is 0.342. The lowest BCUT2D eigenvalue weighted by Crippen LogP contribution is -2.58.